The Bertz CT molecular complexity index is 432. The number of carbonyl (C=O) groups is 1. The second-order valence-corrected chi connectivity index (χ2v) is 4.05. The monoisotopic (exact) mass is 218 g/mol. The summed E-state index contributed by atoms with van der Waals surface area (Å²) >= 11 is 0. The van der Waals surface area contributed by atoms with Crippen molar-refractivity contribution in [2.24, 2.45) is 10.9 Å². The van der Waals surface area contributed by atoms with Crippen molar-refractivity contribution in [2.75, 3.05) is 0 Å². The van der Waals surface area contributed by atoms with Crippen LogP contribution in [0.25, 0.3) is 0 Å². The van der Waals surface area contributed by atoms with Gasteiger partial charge in [-0.3, -0.25) is 4.79 Å². The summed E-state index contributed by atoms with van der Waals surface area (Å²) < 4.78 is 0. The molecule has 0 aliphatic carbocycles. The molecular weight excluding hydrogens is 204 g/mol. The van der Waals surface area contributed by atoms with Crippen LogP contribution < -0.4 is 5.73 Å². The zero-order valence-corrected chi connectivity index (χ0v) is 9.14. The highest BCUT2D eigenvalue weighted by Gasteiger charge is 2.42. The molecule has 1 aliphatic heterocycles. The van der Waals surface area contributed by atoms with Gasteiger partial charge in [-0.25, -0.2) is 0 Å². The molecular formula is C12H14N2O2. The summed E-state index contributed by atoms with van der Waals surface area (Å²) in [6, 6.07) is 7.87. The van der Waals surface area contributed by atoms with E-state index in [2.05, 4.69) is 5.16 Å². The van der Waals surface area contributed by atoms with Crippen molar-refractivity contribution in [3.8, 4) is 0 Å². The maximum Gasteiger partial charge on any atom is 0.265 e. The van der Waals surface area contributed by atoms with E-state index in [9.17, 15) is 4.79 Å². The van der Waals surface area contributed by atoms with Gasteiger partial charge in [-0.15, -0.1) is 0 Å². The number of hydrogen-bond donors (Lipinski definition) is 1. The predicted molar refractivity (Wildman–Crippen MR) is 61.0 cm³/mol. The summed E-state index contributed by atoms with van der Waals surface area (Å²) in [5.74, 6) is -0.465. The largest absolute Gasteiger partial charge is 0.379 e. The minimum atomic E-state index is -0.994. The first-order chi connectivity index (χ1) is 7.64. The summed E-state index contributed by atoms with van der Waals surface area (Å²) in [4.78, 5) is 16.6. The van der Waals surface area contributed by atoms with Crippen LogP contribution in [0.2, 0.25) is 0 Å². The van der Waals surface area contributed by atoms with E-state index in [1.807, 2.05) is 31.2 Å². The quantitative estimate of drug-likeness (QED) is 0.827. The summed E-state index contributed by atoms with van der Waals surface area (Å²) in [5, 5.41) is 3.66. The molecule has 0 radical (unpaired) electrons. The van der Waals surface area contributed by atoms with Crippen molar-refractivity contribution in [1.82, 2.24) is 0 Å². The third kappa shape index (κ3) is 1.78. The van der Waals surface area contributed by atoms with Crippen molar-refractivity contribution in [1.29, 1.82) is 0 Å². The van der Waals surface area contributed by atoms with Gasteiger partial charge in [0.2, 0.25) is 5.60 Å². The van der Waals surface area contributed by atoms with Gasteiger partial charge >= 0.3 is 0 Å². The lowest BCUT2D eigenvalue weighted by Crippen LogP contribution is -2.45. The SMILES string of the molecule is Cc1ccccc1CC1(C(N)=O)CC=NO1. The molecule has 0 spiro atoms. The van der Waals surface area contributed by atoms with Gasteiger partial charge in [0.15, 0.2) is 0 Å². The van der Waals surface area contributed by atoms with Crippen molar-refractivity contribution >= 4 is 12.1 Å². The number of aryl methyl sites for hydroxylation is 1. The molecule has 4 nitrogen and oxygen atoms in total. The van der Waals surface area contributed by atoms with Crippen LogP contribution in [-0.4, -0.2) is 17.7 Å². The third-order valence-electron chi connectivity index (χ3n) is 2.91. The van der Waals surface area contributed by atoms with Gasteiger partial charge in [0.1, 0.15) is 0 Å². The molecule has 1 amide bonds. The van der Waals surface area contributed by atoms with E-state index in [1.165, 1.54) is 0 Å². The minimum Gasteiger partial charge on any atom is -0.379 e. The van der Waals surface area contributed by atoms with Gasteiger partial charge in [0, 0.05) is 19.1 Å². The number of nitrogens with zero attached hydrogens (tertiary/aromatic N) is 1. The maximum atomic E-state index is 11.5. The van der Waals surface area contributed by atoms with E-state index in [0.717, 1.165) is 11.1 Å². The standard InChI is InChI=1S/C12H14N2O2/c1-9-4-2-3-5-10(9)8-12(11(13)15)6-7-14-16-12/h2-5,7H,6,8H2,1H3,(H2,13,15). The Balaban J connectivity index is 2.26. The van der Waals surface area contributed by atoms with Crippen LogP contribution in [0.4, 0.5) is 0 Å². The number of primary amides is 1. The van der Waals surface area contributed by atoms with Gasteiger partial charge in [0.05, 0.1) is 0 Å². The summed E-state index contributed by atoms with van der Waals surface area (Å²) in [5.41, 5.74) is 6.58. The average molecular weight is 218 g/mol. The summed E-state index contributed by atoms with van der Waals surface area (Å²) in [6.45, 7) is 2.00. The van der Waals surface area contributed by atoms with Crippen LogP contribution in [0.5, 0.6) is 0 Å². The molecule has 16 heavy (non-hydrogen) atoms. The van der Waals surface area contributed by atoms with E-state index in [0.29, 0.717) is 12.8 Å². The Kier molecular flexibility index (Phi) is 2.64. The molecule has 1 atom stereocenters. The molecule has 4 heteroatoms. The third-order valence-corrected chi connectivity index (χ3v) is 2.91. The van der Waals surface area contributed by atoms with Crippen molar-refractivity contribution in [3.63, 3.8) is 0 Å². The van der Waals surface area contributed by atoms with Crippen molar-refractivity contribution in [2.45, 2.75) is 25.4 Å². The zero-order valence-electron chi connectivity index (χ0n) is 9.14. The fraction of sp³-hybridized carbons (Fsp3) is 0.333. The fourth-order valence-electron chi connectivity index (χ4n) is 1.81. The van der Waals surface area contributed by atoms with Gasteiger partial charge in [0.25, 0.3) is 5.91 Å². The van der Waals surface area contributed by atoms with Crippen LogP contribution in [0.15, 0.2) is 29.4 Å². The van der Waals surface area contributed by atoms with Crippen molar-refractivity contribution < 1.29 is 9.63 Å². The van der Waals surface area contributed by atoms with E-state index in [-0.39, 0.29) is 0 Å². The Labute approximate surface area is 94.1 Å². The lowest BCUT2D eigenvalue weighted by Gasteiger charge is -2.23. The van der Waals surface area contributed by atoms with Gasteiger partial charge in [-0.1, -0.05) is 29.4 Å². The maximum absolute atomic E-state index is 11.5. The first-order valence-corrected chi connectivity index (χ1v) is 5.18. The second kappa shape index (κ2) is 3.96. The Morgan fingerprint density at radius 1 is 1.56 bits per heavy atom. The van der Waals surface area contributed by atoms with Crippen LogP contribution in [0.3, 0.4) is 0 Å². The van der Waals surface area contributed by atoms with Crippen LogP contribution in [0.1, 0.15) is 17.5 Å². The highest BCUT2D eigenvalue weighted by atomic mass is 16.7. The lowest BCUT2D eigenvalue weighted by molar-refractivity contribution is -0.140. The number of nitrogens with two attached hydrogens (primary N) is 1. The van der Waals surface area contributed by atoms with Crippen LogP contribution >= 0.6 is 0 Å². The second-order valence-electron chi connectivity index (χ2n) is 4.05. The van der Waals surface area contributed by atoms with Crippen LogP contribution in [-0.2, 0) is 16.1 Å². The molecule has 2 rings (SSSR count). The number of rotatable bonds is 3. The Morgan fingerprint density at radius 3 is 2.88 bits per heavy atom. The molecule has 0 aromatic heterocycles. The molecule has 1 aliphatic rings. The normalized spacial score (nSPS) is 23.1. The molecule has 84 valence electrons. The molecule has 0 bridgehead atoms. The predicted octanol–water partition coefficient (Wildman–Crippen LogP) is 1.17. The smallest absolute Gasteiger partial charge is 0.265 e. The molecule has 2 N–H and O–H groups in total. The lowest BCUT2D eigenvalue weighted by atomic mass is 9.89. The highest BCUT2D eigenvalue weighted by molar-refractivity contribution is 5.88. The van der Waals surface area contributed by atoms with Crippen molar-refractivity contribution in [3.05, 3.63) is 35.4 Å². The molecule has 1 aromatic rings. The van der Waals surface area contributed by atoms with E-state index in [1.54, 1.807) is 6.21 Å². The number of benzene rings is 1. The number of oxime groups is 1. The van der Waals surface area contributed by atoms with Gasteiger partial charge in [-0.2, -0.15) is 0 Å². The molecule has 1 aromatic carbocycles. The number of amides is 1. The summed E-state index contributed by atoms with van der Waals surface area (Å²) in [7, 11) is 0. The zero-order chi connectivity index (χ0) is 11.6. The molecule has 1 unspecified atom stereocenters. The fourth-order valence-corrected chi connectivity index (χ4v) is 1.81. The topological polar surface area (TPSA) is 64.7 Å². The number of carbonyl (C=O) groups excluding carboxylic acids is 1. The first-order valence-electron chi connectivity index (χ1n) is 5.18. The van der Waals surface area contributed by atoms with E-state index >= 15 is 0 Å². The van der Waals surface area contributed by atoms with Gasteiger partial charge in [-0.05, 0) is 18.1 Å². The minimum absolute atomic E-state index is 0.441. The van der Waals surface area contributed by atoms with Gasteiger partial charge < -0.3 is 10.6 Å². The molecule has 0 saturated carbocycles. The van der Waals surface area contributed by atoms with Crippen LogP contribution in [0, 0.1) is 6.92 Å². The molecule has 0 saturated heterocycles. The Morgan fingerprint density at radius 2 is 2.31 bits per heavy atom. The average Bonchev–Trinajstić information content (AvgIpc) is 2.71. The number of hydrogen-bond acceptors (Lipinski definition) is 3. The highest BCUT2D eigenvalue weighted by Crippen LogP contribution is 2.26. The van der Waals surface area contributed by atoms with E-state index < -0.39 is 11.5 Å². The molecule has 0 fully saturated rings. The van der Waals surface area contributed by atoms with E-state index in [4.69, 9.17) is 10.6 Å². The Hall–Kier alpha value is -1.84. The first kappa shape index (κ1) is 10.7. The summed E-state index contributed by atoms with van der Waals surface area (Å²) in [6.07, 6.45) is 2.49. The molecule has 1 heterocycles.